The summed E-state index contributed by atoms with van der Waals surface area (Å²) in [6.07, 6.45) is 0. The minimum atomic E-state index is -0.433. The van der Waals surface area contributed by atoms with Gasteiger partial charge in [0.1, 0.15) is 11.5 Å². The second-order valence-electron chi connectivity index (χ2n) is 3.98. The molecule has 0 heterocycles. The van der Waals surface area contributed by atoms with E-state index in [1.807, 2.05) is 0 Å². The zero-order valence-corrected chi connectivity index (χ0v) is 11.4. The van der Waals surface area contributed by atoms with Crippen molar-refractivity contribution in [1.29, 1.82) is 0 Å². The smallest absolute Gasteiger partial charge is 0.323 e. The van der Waals surface area contributed by atoms with E-state index in [4.69, 9.17) is 16.3 Å². The Bertz CT molecular complexity index is 632. The monoisotopic (exact) mass is 292 g/mol. The molecule has 0 aliphatic rings. The van der Waals surface area contributed by atoms with Crippen LogP contribution in [0.1, 0.15) is 0 Å². The molecule has 0 aromatic heterocycles. The van der Waals surface area contributed by atoms with E-state index in [0.29, 0.717) is 22.1 Å². The van der Waals surface area contributed by atoms with E-state index >= 15 is 0 Å². The number of halogens is 1. The highest BCUT2D eigenvalue weighted by Crippen LogP contribution is 2.27. The molecule has 0 spiro atoms. The first-order valence-electron chi connectivity index (χ1n) is 5.79. The van der Waals surface area contributed by atoms with Crippen molar-refractivity contribution in [2.45, 2.75) is 0 Å². The Morgan fingerprint density at radius 1 is 1.15 bits per heavy atom. The van der Waals surface area contributed by atoms with E-state index in [2.05, 4.69) is 10.6 Å². The number of urea groups is 1. The van der Waals surface area contributed by atoms with E-state index in [-0.39, 0.29) is 5.75 Å². The Labute approximate surface area is 121 Å². The van der Waals surface area contributed by atoms with Crippen LogP contribution in [-0.2, 0) is 0 Å². The first-order valence-corrected chi connectivity index (χ1v) is 6.17. The summed E-state index contributed by atoms with van der Waals surface area (Å²) in [5, 5.41) is 14.9. The summed E-state index contributed by atoms with van der Waals surface area (Å²) >= 11 is 5.96. The zero-order chi connectivity index (χ0) is 14.5. The SMILES string of the molecule is COc1ccc(NC(=O)Nc2cccc(O)c2)cc1Cl. The quantitative estimate of drug-likeness (QED) is 0.808. The average Bonchev–Trinajstić information content (AvgIpc) is 2.38. The van der Waals surface area contributed by atoms with Crippen molar-refractivity contribution >= 4 is 29.0 Å². The Morgan fingerprint density at radius 2 is 1.85 bits per heavy atom. The number of anilines is 2. The molecule has 3 N–H and O–H groups in total. The Morgan fingerprint density at radius 3 is 2.45 bits per heavy atom. The van der Waals surface area contributed by atoms with Gasteiger partial charge in [0.15, 0.2) is 0 Å². The molecule has 0 saturated heterocycles. The maximum absolute atomic E-state index is 11.8. The molecule has 2 amide bonds. The van der Waals surface area contributed by atoms with Crippen molar-refractivity contribution in [2.75, 3.05) is 17.7 Å². The van der Waals surface area contributed by atoms with Crippen molar-refractivity contribution in [2.24, 2.45) is 0 Å². The number of phenols is 1. The van der Waals surface area contributed by atoms with Crippen molar-refractivity contribution < 1.29 is 14.6 Å². The fourth-order valence-corrected chi connectivity index (χ4v) is 1.88. The minimum Gasteiger partial charge on any atom is -0.508 e. The molecule has 2 aromatic rings. The lowest BCUT2D eigenvalue weighted by Crippen LogP contribution is -2.19. The summed E-state index contributed by atoms with van der Waals surface area (Å²) in [5.74, 6) is 0.612. The maximum Gasteiger partial charge on any atom is 0.323 e. The molecule has 5 nitrogen and oxygen atoms in total. The summed E-state index contributed by atoms with van der Waals surface area (Å²) in [6, 6.07) is 10.8. The van der Waals surface area contributed by atoms with Crippen LogP contribution in [0, 0.1) is 0 Å². The summed E-state index contributed by atoms with van der Waals surface area (Å²) in [7, 11) is 1.52. The second-order valence-corrected chi connectivity index (χ2v) is 4.39. The molecule has 104 valence electrons. The third kappa shape index (κ3) is 3.55. The van der Waals surface area contributed by atoms with Crippen molar-refractivity contribution in [1.82, 2.24) is 0 Å². The van der Waals surface area contributed by atoms with Crippen LogP contribution in [0.15, 0.2) is 42.5 Å². The lowest BCUT2D eigenvalue weighted by molar-refractivity contribution is 0.262. The van der Waals surface area contributed by atoms with Crippen LogP contribution in [0.5, 0.6) is 11.5 Å². The number of ether oxygens (including phenoxy) is 1. The number of benzene rings is 2. The van der Waals surface area contributed by atoms with Crippen LogP contribution in [0.2, 0.25) is 5.02 Å². The van der Waals surface area contributed by atoms with Crippen LogP contribution in [0.3, 0.4) is 0 Å². The van der Waals surface area contributed by atoms with Gasteiger partial charge in [0.05, 0.1) is 12.1 Å². The van der Waals surface area contributed by atoms with Crippen LogP contribution in [0.25, 0.3) is 0 Å². The van der Waals surface area contributed by atoms with Gasteiger partial charge in [-0.05, 0) is 30.3 Å². The number of carbonyl (C=O) groups is 1. The molecule has 20 heavy (non-hydrogen) atoms. The number of hydrogen-bond donors (Lipinski definition) is 3. The van der Waals surface area contributed by atoms with Crippen molar-refractivity contribution in [3.63, 3.8) is 0 Å². The number of rotatable bonds is 3. The first-order chi connectivity index (χ1) is 9.58. The van der Waals surface area contributed by atoms with Gasteiger partial charge in [0.25, 0.3) is 0 Å². The molecule has 0 unspecified atom stereocenters. The molecular formula is C14H13ClN2O3. The van der Waals surface area contributed by atoms with Crippen LogP contribution in [0.4, 0.5) is 16.2 Å². The van der Waals surface area contributed by atoms with E-state index in [1.165, 1.54) is 19.2 Å². The molecule has 2 rings (SSSR count). The molecular weight excluding hydrogens is 280 g/mol. The van der Waals surface area contributed by atoms with Gasteiger partial charge >= 0.3 is 6.03 Å². The normalized spacial score (nSPS) is 9.90. The van der Waals surface area contributed by atoms with Gasteiger partial charge < -0.3 is 20.5 Å². The topological polar surface area (TPSA) is 70.6 Å². The highest BCUT2D eigenvalue weighted by atomic mass is 35.5. The van der Waals surface area contributed by atoms with E-state index in [1.54, 1.807) is 30.3 Å². The van der Waals surface area contributed by atoms with E-state index in [0.717, 1.165) is 0 Å². The summed E-state index contributed by atoms with van der Waals surface area (Å²) in [5.41, 5.74) is 1.02. The largest absolute Gasteiger partial charge is 0.508 e. The molecule has 6 heteroatoms. The number of carbonyl (C=O) groups excluding carboxylic acids is 1. The summed E-state index contributed by atoms with van der Waals surface area (Å²) in [6.45, 7) is 0. The predicted octanol–water partition coefficient (Wildman–Crippen LogP) is 3.70. The number of phenolic OH excluding ortho intramolecular Hbond substituents is 1. The number of hydrogen-bond acceptors (Lipinski definition) is 3. The lowest BCUT2D eigenvalue weighted by Gasteiger charge is -2.09. The Kier molecular flexibility index (Phi) is 4.32. The molecule has 0 saturated carbocycles. The van der Waals surface area contributed by atoms with E-state index in [9.17, 15) is 9.90 Å². The van der Waals surface area contributed by atoms with Crippen LogP contribution >= 0.6 is 11.6 Å². The highest BCUT2D eigenvalue weighted by Gasteiger charge is 2.06. The molecule has 0 atom stereocenters. The van der Waals surface area contributed by atoms with Crippen molar-refractivity contribution in [3.05, 3.63) is 47.5 Å². The molecule has 0 fully saturated rings. The zero-order valence-electron chi connectivity index (χ0n) is 10.7. The van der Waals surface area contributed by atoms with Crippen LogP contribution < -0.4 is 15.4 Å². The highest BCUT2D eigenvalue weighted by molar-refractivity contribution is 6.32. The van der Waals surface area contributed by atoms with Gasteiger partial charge in [-0.1, -0.05) is 17.7 Å². The van der Waals surface area contributed by atoms with Gasteiger partial charge in [-0.2, -0.15) is 0 Å². The maximum atomic E-state index is 11.8. The van der Waals surface area contributed by atoms with Gasteiger partial charge in [-0.25, -0.2) is 4.79 Å². The molecule has 2 aromatic carbocycles. The molecule has 0 aliphatic heterocycles. The fraction of sp³-hybridized carbons (Fsp3) is 0.0714. The van der Waals surface area contributed by atoms with Crippen molar-refractivity contribution in [3.8, 4) is 11.5 Å². The number of methoxy groups -OCH3 is 1. The first kappa shape index (κ1) is 14.0. The third-order valence-corrected chi connectivity index (χ3v) is 2.81. The molecule has 0 aliphatic carbocycles. The number of nitrogens with one attached hydrogen (secondary N) is 2. The standard InChI is InChI=1S/C14H13ClN2O3/c1-20-13-6-5-10(8-12(13)15)17-14(19)16-9-3-2-4-11(18)7-9/h2-8,18H,1H3,(H2,16,17,19). The minimum absolute atomic E-state index is 0.0790. The predicted molar refractivity (Wildman–Crippen MR) is 78.8 cm³/mol. The lowest BCUT2D eigenvalue weighted by atomic mass is 10.3. The van der Waals surface area contributed by atoms with Gasteiger partial charge in [-0.3, -0.25) is 0 Å². The number of amides is 2. The van der Waals surface area contributed by atoms with Crippen LogP contribution in [-0.4, -0.2) is 18.2 Å². The fourth-order valence-electron chi connectivity index (χ4n) is 1.62. The van der Waals surface area contributed by atoms with Gasteiger partial charge in [-0.15, -0.1) is 0 Å². The number of aromatic hydroxyl groups is 1. The van der Waals surface area contributed by atoms with Gasteiger partial charge in [0, 0.05) is 17.4 Å². The Hall–Kier alpha value is -2.40. The summed E-state index contributed by atoms with van der Waals surface area (Å²) < 4.78 is 5.03. The summed E-state index contributed by atoms with van der Waals surface area (Å²) in [4.78, 5) is 11.8. The third-order valence-electron chi connectivity index (χ3n) is 2.51. The van der Waals surface area contributed by atoms with Gasteiger partial charge in [0.2, 0.25) is 0 Å². The second kappa shape index (κ2) is 6.16. The molecule has 0 bridgehead atoms. The van der Waals surface area contributed by atoms with E-state index < -0.39 is 6.03 Å². The Balaban J connectivity index is 2.03. The average molecular weight is 293 g/mol. The molecule has 0 radical (unpaired) electrons.